The predicted octanol–water partition coefficient (Wildman–Crippen LogP) is 4.32. The van der Waals surface area contributed by atoms with Crippen LogP contribution in [0.4, 0.5) is 10.8 Å². The molecule has 2 aromatic heterocycles. The lowest BCUT2D eigenvalue weighted by molar-refractivity contribution is 0.0601. The molecule has 0 saturated heterocycles. The highest BCUT2D eigenvalue weighted by atomic mass is 32.1. The smallest absolute Gasteiger partial charge is 0.341 e. The van der Waals surface area contributed by atoms with Crippen LogP contribution in [0.25, 0.3) is 0 Å². The largest absolute Gasteiger partial charge is 0.465 e. The Morgan fingerprint density at radius 2 is 2.04 bits per heavy atom. The number of hydrogen-bond donors (Lipinski definition) is 2. The van der Waals surface area contributed by atoms with Gasteiger partial charge in [0.15, 0.2) is 5.11 Å². The van der Waals surface area contributed by atoms with Crippen molar-refractivity contribution in [2.75, 3.05) is 17.7 Å². The minimum Gasteiger partial charge on any atom is -0.465 e. The average molecular weight is 376 g/mol. The zero-order chi connectivity index (χ0) is 17.8. The summed E-state index contributed by atoms with van der Waals surface area (Å²) < 4.78 is 5.01. The first kappa shape index (κ1) is 17.8. The molecule has 2 N–H and O–H groups in total. The number of nitrogens with one attached hydrogen (secondary N) is 2. The van der Waals surface area contributed by atoms with E-state index >= 15 is 0 Å². The number of carbonyl (C=O) groups excluding carboxylic acids is 1. The number of anilines is 2. The van der Waals surface area contributed by atoms with Crippen LogP contribution in [0.15, 0.2) is 18.3 Å². The van der Waals surface area contributed by atoms with Crippen LogP contribution >= 0.6 is 23.6 Å². The molecule has 7 heteroatoms. The van der Waals surface area contributed by atoms with E-state index in [0.717, 1.165) is 41.8 Å². The number of ether oxygens (including phenoxy) is 1. The van der Waals surface area contributed by atoms with Crippen molar-refractivity contribution in [3.63, 3.8) is 0 Å². The second kappa shape index (κ2) is 7.93. The summed E-state index contributed by atoms with van der Waals surface area (Å²) in [7, 11) is 1.42. The standard InChI is InChI=1S/C18H21N3O2S2/c1-11-8-9-14(19-10-11)20-18(24)21-16-15(17(22)23-2)12-6-4-3-5-7-13(12)25-16/h8-10H,3-7H2,1-2H3,(H2,19,20,21,24). The maximum atomic E-state index is 12.3. The van der Waals surface area contributed by atoms with Crippen molar-refractivity contribution in [1.29, 1.82) is 0 Å². The SMILES string of the molecule is COC(=O)c1c(NC(=S)Nc2ccc(C)cn2)sc2c1CCCCC2. The van der Waals surface area contributed by atoms with Gasteiger partial charge in [-0.25, -0.2) is 9.78 Å². The first-order valence-corrected chi connectivity index (χ1v) is 9.54. The molecule has 0 saturated carbocycles. The Hall–Kier alpha value is -1.99. The van der Waals surface area contributed by atoms with E-state index < -0.39 is 0 Å². The van der Waals surface area contributed by atoms with Crippen LogP contribution in [0.1, 0.15) is 45.6 Å². The molecule has 0 radical (unpaired) electrons. The number of aryl methyl sites for hydroxylation is 2. The average Bonchev–Trinajstić information content (AvgIpc) is 2.77. The number of methoxy groups -OCH3 is 1. The molecule has 3 rings (SSSR count). The molecule has 0 aliphatic heterocycles. The Morgan fingerprint density at radius 3 is 2.76 bits per heavy atom. The Labute approximate surface area is 156 Å². The van der Waals surface area contributed by atoms with Gasteiger partial charge in [-0.1, -0.05) is 12.5 Å². The molecule has 0 bridgehead atoms. The van der Waals surface area contributed by atoms with E-state index in [9.17, 15) is 4.79 Å². The number of rotatable bonds is 3. The lowest BCUT2D eigenvalue weighted by Gasteiger charge is -2.10. The molecule has 0 atom stereocenters. The zero-order valence-electron chi connectivity index (χ0n) is 14.3. The summed E-state index contributed by atoms with van der Waals surface area (Å²) in [6.07, 6.45) is 7.15. The molecule has 0 spiro atoms. The van der Waals surface area contributed by atoms with E-state index in [2.05, 4.69) is 15.6 Å². The van der Waals surface area contributed by atoms with Gasteiger partial charge >= 0.3 is 5.97 Å². The van der Waals surface area contributed by atoms with E-state index in [1.54, 1.807) is 17.5 Å². The number of hydrogen-bond acceptors (Lipinski definition) is 5. The molecular weight excluding hydrogens is 354 g/mol. The van der Waals surface area contributed by atoms with Crippen LogP contribution in [-0.2, 0) is 17.6 Å². The van der Waals surface area contributed by atoms with E-state index in [4.69, 9.17) is 17.0 Å². The molecular formula is C18H21N3O2S2. The summed E-state index contributed by atoms with van der Waals surface area (Å²) >= 11 is 6.99. The lowest BCUT2D eigenvalue weighted by Crippen LogP contribution is -2.20. The molecule has 25 heavy (non-hydrogen) atoms. The third-order valence-corrected chi connectivity index (χ3v) is 5.60. The normalized spacial score (nSPS) is 13.5. The Morgan fingerprint density at radius 1 is 1.24 bits per heavy atom. The number of thiophene rings is 1. The van der Waals surface area contributed by atoms with Gasteiger partial charge in [-0.2, -0.15) is 0 Å². The van der Waals surface area contributed by atoms with E-state index in [1.165, 1.54) is 18.4 Å². The van der Waals surface area contributed by atoms with Gasteiger partial charge in [0, 0.05) is 11.1 Å². The molecule has 0 fully saturated rings. The quantitative estimate of drug-likeness (QED) is 0.473. The van der Waals surface area contributed by atoms with Gasteiger partial charge in [-0.05, 0) is 62.0 Å². The lowest BCUT2D eigenvalue weighted by atomic mass is 10.1. The molecule has 0 unspecified atom stereocenters. The summed E-state index contributed by atoms with van der Waals surface area (Å²) in [6, 6.07) is 3.83. The predicted molar refractivity (Wildman–Crippen MR) is 106 cm³/mol. The van der Waals surface area contributed by atoms with Crippen LogP contribution < -0.4 is 10.6 Å². The fourth-order valence-electron chi connectivity index (χ4n) is 2.94. The second-order valence-corrected chi connectivity index (χ2v) is 7.57. The number of thiocarbonyl (C=S) groups is 1. The van der Waals surface area contributed by atoms with Crippen molar-refractivity contribution in [1.82, 2.24) is 4.98 Å². The van der Waals surface area contributed by atoms with Crippen molar-refractivity contribution in [2.24, 2.45) is 0 Å². The van der Waals surface area contributed by atoms with Crippen LogP contribution in [0.3, 0.4) is 0 Å². The minimum absolute atomic E-state index is 0.307. The summed E-state index contributed by atoms with van der Waals surface area (Å²) in [5.41, 5.74) is 2.83. The summed E-state index contributed by atoms with van der Waals surface area (Å²) in [5, 5.41) is 7.39. The molecule has 2 aromatic rings. The van der Waals surface area contributed by atoms with Crippen LogP contribution in [-0.4, -0.2) is 23.2 Å². The Balaban J connectivity index is 1.82. The van der Waals surface area contributed by atoms with Crippen molar-refractivity contribution >= 4 is 45.5 Å². The van der Waals surface area contributed by atoms with Crippen molar-refractivity contribution in [2.45, 2.75) is 39.0 Å². The van der Waals surface area contributed by atoms with Crippen LogP contribution in [0.2, 0.25) is 0 Å². The highest BCUT2D eigenvalue weighted by molar-refractivity contribution is 7.80. The van der Waals surface area contributed by atoms with Crippen molar-refractivity contribution in [3.05, 3.63) is 39.9 Å². The maximum Gasteiger partial charge on any atom is 0.341 e. The number of esters is 1. The zero-order valence-corrected chi connectivity index (χ0v) is 16.0. The minimum atomic E-state index is -0.307. The number of fused-ring (bicyclic) bond motifs is 1. The summed E-state index contributed by atoms with van der Waals surface area (Å²) in [4.78, 5) is 17.9. The molecule has 5 nitrogen and oxygen atoms in total. The fourth-order valence-corrected chi connectivity index (χ4v) is 4.49. The number of carbonyl (C=O) groups is 1. The number of nitrogens with zero attached hydrogens (tertiary/aromatic N) is 1. The van der Waals surface area contributed by atoms with Gasteiger partial charge in [0.05, 0.1) is 12.7 Å². The Bertz CT molecular complexity index is 784. The summed E-state index contributed by atoms with van der Waals surface area (Å²) in [5.74, 6) is 0.360. The first-order chi connectivity index (χ1) is 12.1. The molecule has 1 aliphatic carbocycles. The summed E-state index contributed by atoms with van der Waals surface area (Å²) in [6.45, 7) is 1.98. The monoisotopic (exact) mass is 375 g/mol. The highest BCUT2D eigenvalue weighted by Gasteiger charge is 2.25. The maximum absolute atomic E-state index is 12.3. The van der Waals surface area contributed by atoms with Gasteiger partial charge in [-0.3, -0.25) is 0 Å². The fraction of sp³-hybridized carbons (Fsp3) is 0.389. The first-order valence-electron chi connectivity index (χ1n) is 8.32. The molecule has 2 heterocycles. The third kappa shape index (κ3) is 4.16. The van der Waals surface area contributed by atoms with Crippen molar-refractivity contribution in [3.8, 4) is 0 Å². The Kier molecular flexibility index (Phi) is 5.65. The van der Waals surface area contributed by atoms with Crippen LogP contribution in [0.5, 0.6) is 0 Å². The molecule has 132 valence electrons. The van der Waals surface area contributed by atoms with Gasteiger partial charge in [0.25, 0.3) is 0 Å². The number of aromatic nitrogens is 1. The van der Waals surface area contributed by atoms with Crippen molar-refractivity contribution < 1.29 is 9.53 Å². The van der Waals surface area contributed by atoms with Gasteiger partial charge < -0.3 is 15.4 Å². The van der Waals surface area contributed by atoms with E-state index in [-0.39, 0.29) is 5.97 Å². The third-order valence-electron chi connectivity index (χ3n) is 4.19. The molecule has 0 aromatic carbocycles. The van der Waals surface area contributed by atoms with Gasteiger partial charge in [0.2, 0.25) is 0 Å². The number of pyridine rings is 1. The highest BCUT2D eigenvalue weighted by Crippen LogP contribution is 2.38. The topological polar surface area (TPSA) is 63.2 Å². The van der Waals surface area contributed by atoms with Crippen LogP contribution in [0, 0.1) is 6.92 Å². The van der Waals surface area contributed by atoms with Gasteiger partial charge in [0.1, 0.15) is 10.8 Å². The van der Waals surface area contributed by atoms with E-state index in [0.29, 0.717) is 16.5 Å². The molecule has 1 aliphatic rings. The second-order valence-electron chi connectivity index (χ2n) is 6.06. The molecule has 0 amide bonds. The van der Waals surface area contributed by atoms with E-state index in [1.807, 2.05) is 19.1 Å². The van der Waals surface area contributed by atoms with Gasteiger partial charge in [-0.15, -0.1) is 11.3 Å².